The van der Waals surface area contributed by atoms with E-state index in [0.29, 0.717) is 12.3 Å². The molecule has 0 fully saturated rings. The van der Waals surface area contributed by atoms with Crippen LogP contribution >= 0.6 is 11.8 Å². The molecule has 0 spiro atoms. The number of carbonyl (C=O) groups is 1. The summed E-state index contributed by atoms with van der Waals surface area (Å²) < 4.78 is 0. The van der Waals surface area contributed by atoms with Crippen molar-refractivity contribution >= 4 is 23.2 Å². The zero-order chi connectivity index (χ0) is 12.7. The van der Waals surface area contributed by atoms with Crippen molar-refractivity contribution < 1.29 is 4.79 Å². The van der Waals surface area contributed by atoms with E-state index in [0.717, 1.165) is 17.0 Å². The number of hydrogen-bond acceptors (Lipinski definition) is 3. The van der Waals surface area contributed by atoms with Gasteiger partial charge >= 0.3 is 0 Å². The van der Waals surface area contributed by atoms with E-state index in [4.69, 9.17) is 0 Å². The maximum Gasteiger partial charge on any atom is 0.227 e. The van der Waals surface area contributed by atoms with Crippen LogP contribution in [0.2, 0.25) is 0 Å². The van der Waals surface area contributed by atoms with Gasteiger partial charge in [-0.2, -0.15) is 5.10 Å². The number of hydrazone groups is 1. The van der Waals surface area contributed by atoms with Crippen molar-refractivity contribution in [2.75, 3.05) is 6.26 Å². The number of rotatable bonds is 5. The fraction of sp³-hybridized carbons (Fsp3) is 0.385. The molecule has 0 aliphatic rings. The average Bonchev–Trinajstić information content (AvgIpc) is 2.31. The fourth-order valence-corrected chi connectivity index (χ4v) is 2.08. The van der Waals surface area contributed by atoms with Crippen molar-refractivity contribution in [2.24, 2.45) is 11.0 Å². The molecule has 0 aliphatic heterocycles. The Hall–Kier alpha value is -1.29. The first-order chi connectivity index (χ1) is 8.17. The minimum Gasteiger partial charge on any atom is -0.277 e. The third-order valence-corrected chi connectivity index (χ3v) is 2.97. The van der Waals surface area contributed by atoms with Crippen LogP contribution in [0.15, 0.2) is 29.4 Å². The van der Waals surface area contributed by atoms with Gasteiger partial charge in [0.05, 0.1) is 0 Å². The van der Waals surface area contributed by atoms with Crippen LogP contribution in [0.25, 0.3) is 0 Å². The van der Waals surface area contributed by atoms with E-state index in [1.807, 2.05) is 18.4 Å². The van der Waals surface area contributed by atoms with Crippen LogP contribution in [0.1, 0.15) is 25.0 Å². The van der Waals surface area contributed by atoms with Gasteiger partial charge in [-0.15, -0.1) is 11.8 Å². The first-order valence-electron chi connectivity index (χ1n) is 5.57. The molecule has 1 aromatic rings. The van der Waals surface area contributed by atoms with Crippen LogP contribution in [-0.2, 0) is 11.2 Å². The number of hydrogen-bond donors (Lipinski definition) is 1. The van der Waals surface area contributed by atoms with Crippen LogP contribution in [0.3, 0.4) is 0 Å². The highest BCUT2D eigenvalue weighted by Gasteiger charge is 2.03. The number of thioether (sulfide) groups is 1. The van der Waals surface area contributed by atoms with E-state index >= 15 is 0 Å². The minimum atomic E-state index is 0.573. The van der Waals surface area contributed by atoms with Gasteiger partial charge in [0.2, 0.25) is 6.41 Å². The highest BCUT2D eigenvalue weighted by atomic mass is 32.2. The first kappa shape index (κ1) is 13.8. The lowest BCUT2D eigenvalue weighted by atomic mass is 10.0. The normalized spacial score (nSPS) is 11.6. The molecular weight excluding hydrogens is 232 g/mol. The Morgan fingerprint density at radius 3 is 2.53 bits per heavy atom. The van der Waals surface area contributed by atoms with Crippen molar-refractivity contribution in [3.05, 3.63) is 35.4 Å². The summed E-state index contributed by atoms with van der Waals surface area (Å²) >= 11 is 1.51. The van der Waals surface area contributed by atoms with Gasteiger partial charge in [-0.05, 0) is 24.2 Å². The Morgan fingerprint density at radius 1 is 1.41 bits per heavy atom. The number of carbonyl (C=O) groups excluding carboxylic acids is 1. The van der Waals surface area contributed by atoms with E-state index in [-0.39, 0.29) is 0 Å². The number of nitrogens with zero attached hydrogens (tertiary/aromatic N) is 1. The van der Waals surface area contributed by atoms with Crippen LogP contribution < -0.4 is 5.43 Å². The summed E-state index contributed by atoms with van der Waals surface area (Å²) in [5, 5.41) is 4.80. The maximum atomic E-state index is 10.2. The molecule has 0 unspecified atom stereocenters. The number of nitrogens with one attached hydrogen (secondary N) is 1. The van der Waals surface area contributed by atoms with Gasteiger partial charge < -0.3 is 0 Å². The van der Waals surface area contributed by atoms with Gasteiger partial charge in [-0.3, -0.25) is 4.79 Å². The van der Waals surface area contributed by atoms with Crippen molar-refractivity contribution in [1.82, 2.24) is 5.43 Å². The van der Waals surface area contributed by atoms with Gasteiger partial charge in [0.1, 0.15) is 5.04 Å². The highest BCUT2D eigenvalue weighted by Crippen LogP contribution is 2.14. The average molecular weight is 250 g/mol. The molecule has 1 aromatic carbocycles. The molecule has 1 rings (SSSR count). The molecule has 0 heterocycles. The number of benzene rings is 1. The van der Waals surface area contributed by atoms with Gasteiger partial charge in [-0.25, -0.2) is 5.43 Å². The largest absolute Gasteiger partial charge is 0.277 e. The summed E-state index contributed by atoms with van der Waals surface area (Å²) in [5.74, 6) is 0.659. The molecule has 0 radical (unpaired) electrons. The minimum absolute atomic E-state index is 0.573. The molecule has 0 aliphatic carbocycles. The standard InChI is InChI=1S/C13H18N2OS/c1-10(2)8-11-4-6-12(7-5-11)13(17-3)15-14-9-16/h4-7,9-10H,8H2,1-3H3,(H,14,16)/b15-13-. The van der Waals surface area contributed by atoms with Crippen molar-refractivity contribution in [3.8, 4) is 0 Å². The first-order valence-corrected chi connectivity index (χ1v) is 6.80. The zero-order valence-electron chi connectivity index (χ0n) is 10.4. The Labute approximate surface area is 107 Å². The van der Waals surface area contributed by atoms with E-state index in [1.165, 1.54) is 17.3 Å². The van der Waals surface area contributed by atoms with E-state index in [1.54, 1.807) is 0 Å². The van der Waals surface area contributed by atoms with Crippen LogP contribution in [-0.4, -0.2) is 17.7 Å². The molecule has 0 saturated heterocycles. The molecule has 0 aromatic heterocycles. The molecule has 1 amide bonds. The second kappa shape index (κ2) is 7.12. The quantitative estimate of drug-likeness (QED) is 0.378. The van der Waals surface area contributed by atoms with Gasteiger partial charge in [0, 0.05) is 5.56 Å². The SMILES string of the molecule is CS/C(=N\NC=O)c1ccc(CC(C)C)cc1. The monoisotopic (exact) mass is 250 g/mol. The lowest BCUT2D eigenvalue weighted by Crippen LogP contribution is -2.06. The molecule has 0 bridgehead atoms. The Balaban J connectivity index is 2.81. The Bertz CT molecular complexity index is 385. The summed E-state index contributed by atoms with van der Waals surface area (Å²) in [6, 6.07) is 8.31. The second-order valence-corrected chi connectivity index (χ2v) is 4.96. The molecule has 0 atom stereocenters. The molecule has 4 heteroatoms. The van der Waals surface area contributed by atoms with Gasteiger partial charge in [0.25, 0.3) is 0 Å². The predicted octanol–water partition coefficient (Wildman–Crippen LogP) is 2.66. The summed E-state index contributed by atoms with van der Waals surface area (Å²) in [6.45, 7) is 4.41. The van der Waals surface area contributed by atoms with E-state index in [2.05, 4.69) is 36.5 Å². The van der Waals surface area contributed by atoms with Gasteiger partial charge in [-0.1, -0.05) is 38.1 Å². The fourth-order valence-electron chi connectivity index (χ4n) is 1.57. The van der Waals surface area contributed by atoms with Crippen LogP contribution in [0, 0.1) is 5.92 Å². The number of amides is 1. The summed E-state index contributed by atoms with van der Waals surface area (Å²) in [4.78, 5) is 10.2. The molecule has 0 saturated carbocycles. The predicted molar refractivity (Wildman–Crippen MR) is 74.2 cm³/mol. The summed E-state index contributed by atoms with van der Waals surface area (Å²) in [5.41, 5.74) is 4.68. The van der Waals surface area contributed by atoms with Crippen molar-refractivity contribution in [1.29, 1.82) is 0 Å². The lowest BCUT2D eigenvalue weighted by molar-refractivity contribution is -0.109. The van der Waals surface area contributed by atoms with Gasteiger partial charge in [0.15, 0.2) is 0 Å². The lowest BCUT2D eigenvalue weighted by Gasteiger charge is -2.07. The third kappa shape index (κ3) is 4.61. The molecular formula is C13H18N2OS. The highest BCUT2D eigenvalue weighted by molar-refractivity contribution is 8.13. The van der Waals surface area contributed by atoms with E-state index < -0.39 is 0 Å². The van der Waals surface area contributed by atoms with Crippen molar-refractivity contribution in [2.45, 2.75) is 20.3 Å². The summed E-state index contributed by atoms with van der Waals surface area (Å²) in [7, 11) is 0. The Morgan fingerprint density at radius 2 is 2.06 bits per heavy atom. The third-order valence-electron chi connectivity index (χ3n) is 2.26. The zero-order valence-corrected chi connectivity index (χ0v) is 11.3. The van der Waals surface area contributed by atoms with Crippen molar-refractivity contribution in [3.63, 3.8) is 0 Å². The topological polar surface area (TPSA) is 41.5 Å². The molecule has 1 N–H and O–H groups in total. The Kier molecular flexibility index (Phi) is 5.77. The van der Waals surface area contributed by atoms with Crippen LogP contribution in [0.4, 0.5) is 0 Å². The molecule has 92 valence electrons. The van der Waals surface area contributed by atoms with E-state index in [9.17, 15) is 4.79 Å². The van der Waals surface area contributed by atoms with Crippen LogP contribution in [0.5, 0.6) is 0 Å². The molecule has 3 nitrogen and oxygen atoms in total. The molecule has 17 heavy (non-hydrogen) atoms. The summed E-state index contributed by atoms with van der Waals surface area (Å²) in [6.07, 6.45) is 3.59. The maximum absolute atomic E-state index is 10.2. The second-order valence-electron chi connectivity index (χ2n) is 4.16. The smallest absolute Gasteiger partial charge is 0.227 e.